The Bertz CT molecular complexity index is 1060. The van der Waals surface area contributed by atoms with Gasteiger partial charge in [0.1, 0.15) is 10.6 Å². The highest BCUT2D eigenvalue weighted by Crippen LogP contribution is 2.33. The molecule has 7 nitrogen and oxygen atoms in total. The predicted octanol–water partition coefficient (Wildman–Crippen LogP) is 3.26. The van der Waals surface area contributed by atoms with Crippen molar-refractivity contribution in [3.05, 3.63) is 48.0 Å². The van der Waals surface area contributed by atoms with Gasteiger partial charge in [-0.05, 0) is 56.0 Å². The summed E-state index contributed by atoms with van der Waals surface area (Å²) in [5, 5.41) is 2.87. The zero-order valence-corrected chi connectivity index (χ0v) is 18.8. The molecule has 0 radical (unpaired) electrons. The summed E-state index contributed by atoms with van der Waals surface area (Å²) >= 11 is 0. The number of hydrogen-bond donors (Lipinski definition) is 1. The lowest BCUT2D eigenvalue weighted by Crippen LogP contribution is -2.37. The molecule has 0 aliphatic carbocycles. The lowest BCUT2D eigenvalue weighted by atomic mass is 10.1. The van der Waals surface area contributed by atoms with Crippen LogP contribution in [0, 0.1) is 0 Å². The summed E-state index contributed by atoms with van der Waals surface area (Å²) in [5.74, 6) is 0.0979. The van der Waals surface area contributed by atoms with Crippen LogP contribution < -0.4 is 15.0 Å². The number of sulfonamides is 1. The highest BCUT2D eigenvalue weighted by atomic mass is 32.2. The smallest absolute Gasteiger partial charge is 0.246 e. The van der Waals surface area contributed by atoms with E-state index in [4.69, 9.17) is 4.74 Å². The van der Waals surface area contributed by atoms with E-state index in [0.717, 1.165) is 31.4 Å². The SMILES string of the molecule is COc1ccc(NC(=O)CN2c3ccccc3C[C@@H]2C)cc1S(=O)(=O)N1CCCCC1. The van der Waals surface area contributed by atoms with Crippen LogP contribution in [-0.4, -0.2) is 51.4 Å². The van der Waals surface area contributed by atoms with Crippen LogP contribution >= 0.6 is 0 Å². The molecule has 0 unspecified atom stereocenters. The van der Waals surface area contributed by atoms with Crippen molar-refractivity contribution in [1.29, 1.82) is 0 Å². The molecular formula is C23H29N3O4S. The van der Waals surface area contributed by atoms with Gasteiger partial charge in [0.2, 0.25) is 15.9 Å². The quantitative estimate of drug-likeness (QED) is 0.741. The summed E-state index contributed by atoms with van der Waals surface area (Å²) in [4.78, 5) is 15.0. The van der Waals surface area contributed by atoms with Gasteiger partial charge in [0.15, 0.2) is 0 Å². The molecule has 1 fully saturated rings. The Morgan fingerprint density at radius 2 is 1.87 bits per heavy atom. The summed E-state index contributed by atoms with van der Waals surface area (Å²) in [6.07, 6.45) is 3.66. The molecule has 4 rings (SSSR count). The summed E-state index contributed by atoms with van der Waals surface area (Å²) in [5.41, 5.74) is 2.76. The van der Waals surface area contributed by atoms with Crippen LogP contribution in [0.25, 0.3) is 0 Å². The molecule has 1 atom stereocenters. The first-order valence-electron chi connectivity index (χ1n) is 10.7. The van der Waals surface area contributed by atoms with Crippen LogP contribution in [0.2, 0.25) is 0 Å². The Hall–Kier alpha value is -2.58. The Balaban J connectivity index is 1.53. The molecular weight excluding hydrogens is 414 g/mol. The van der Waals surface area contributed by atoms with Crippen LogP contribution in [0.3, 0.4) is 0 Å². The van der Waals surface area contributed by atoms with Crippen molar-refractivity contribution < 1.29 is 17.9 Å². The molecule has 166 valence electrons. The van der Waals surface area contributed by atoms with E-state index < -0.39 is 10.0 Å². The number of amides is 1. The van der Waals surface area contributed by atoms with Gasteiger partial charge >= 0.3 is 0 Å². The lowest BCUT2D eigenvalue weighted by Gasteiger charge is -2.27. The van der Waals surface area contributed by atoms with E-state index in [9.17, 15) is 13.2 Å². The summed E-state index contributed by atoms with van der Waals surface area (Å²) in [7, 11) is -2.23. The van der Waals surface area contributed by atoms with E-state index >= 15 is 0 Å². The maximum Gasteiger partial charge on any atom is 0.246 e. The second-order valence-electron chi connectivity index (χ2n) is 8.19. The van der Waals surface area contributed by atoms with E-state index in [-0.39, 0.29) is 29.1 Å². The van der Waals surface area contributed by atoms with Crippen molar-refractivity contribution in [1.82, 2.24) is 4.31 Å². The van der Waals surface area contributed by atoms with Gasteiger partial charge in [-0.15, -0.1) is 0 Å². The maximum atomic E-state index is 13.2. The minimum absolute atomic E-state index is 0.0922. The van der Waals surface area contributed by atoms with Gasteiger partial charge in [-0.25, -0.2) is 8.42 Å². The fraction of sp³-hybridized carbons (Fsp3) is 0.435. The molecule has 2 aliphatic rings. The molecule has 1 saturated heterocycles. The topological polar surface area (TPSA) is 79.0 Å². The number of carbonyl (C=O) groups is 1. The number of ether oxygens (including phenoxy) is 1. The first-order chi connectivity index (χ1) is 14.9. The zero-order valence-electron chi connectivity index (χ0n) is 18.0. The molecule has 8 heteroatoms. The van der Waals surface area contributed by atoms with Gasteiger partial charge in [0, 0.05) is 30.5 Å². The number of carbonyl (C=O) groups excluding carboxylic acids is 1. The zero-order chi connectivity index (χ0) is 22.0. The van der Waals surface area contributed by atoms with E-state index in [2.05, 4.69) is 23.2 Å². The van der Waals surface area contributed by atoms with Gasteiger partial charge in [0.05, 0.1) is 13.7 Å². The highest BCUT2D eigenvalue weighted by Gasteiger charge is 2.30. The molecule has 0 bridgehead atoms. The van der Waals surface area contributed by atoms with E-state index in [1.165, 1.54) is 23.0 Å². The third kappa shape index (κ3) is 4.41. The van der Waals surface area contributed by atoms with Crippen LogP contribution in [0.15, 0.2) is 47.4 Å². The Kier molecular flexibility index (Phi) is 6.20. The van der Waals surface area contributed by atoms with Crippen molar-refractivity contribution >= 4 is 27.3 Å². The summed E-state index contributed by atoms with van der Waals surface area (Å²) in [6.45, 7) is 3.32. The first kappa shape index (κ1) is 21.6. The van der Waals surface area contributed by atoms with Gasteiger partial charge < -0.3 is 15.0 Å². The Morgan fingerprint density at radius 1 is 1.13 bits per heavy atom. The maximum absolute atomic E-state index is 13.2. The molecule has 2 heterocycles. The third-order valence-electron chi connectivity index (χ3n) is 6.04. The summed E-state index contributed by atoms with van der Waals surface area (Å²) < 4.78 is 33.2. The molecule has 2 aromatic carbocycles. The number of nitrogens with one attached hydrogen (secondary N) is 1. The number of methoxy groups -OCH3 is 1. The number of anilines is 2. The van der Waals surface area contributed by atoms with Crippen molar-refractivity contribution in [2.45, 2.75) is 43.5 Å². The largest absolute Gasteiger partial charge is 0.495 e. The first-order valence-corrected chi connectivity index (χ1v) is 12.2. The fourth-order valence-corrected chi connectivity index (χ4v) is 6.12. The lowest BCUT2D eigenvalue weighted by molar-refractivity contribution is -0.115. The van der Waals surface area contributed by atoms with Crippen molar-refractivity contribution in [3.63, 3.8) is 0 Å². The number of rotatable bonds is 6. The van der Waals surface area contributed by atoms with E-state index in [1.54, 1.807) is 12.1 Å². The second-order valence-corrected chi connectivity index (χ2v) is 10.1. The van der Waals surface area contributed by atoms with Gasteiger partial charge in [-0.2, -0.15) is 4.31 Å². The van der Waals surface area contributed by atoms with Gasteiger partial charge in [-0.1, -0.05) is 24.6 Å². The number of benzene rings is 2. The molecule has 0 spiro atoms. The van der Waals surface area contributed by atoms with Crippen LogP contribution in [-0.2, 0) is 21.2 Å². The average molecular weight is 444 g/mol. The fourth-order valence-electron chi connectivity index (χ4n) is 4.43. The van der Waals surface area contributed by atoms with Crippen LogP contribution in [0.1, 0.15) is 31.7 Å². The van der Waals surface area contributed by atoms with Gasteiger partial charge in [-0.3, -0.25) is 4.79 Å². The Morgan fingerprint density at radius 3 is 2.61 bits per heavy atom. The molecule has 1 amide bonds. The molecule has 0 saturated carbocycles. The van der Waals surface area contributed by atoms with Crippen LogP contribution in [0.5, 0.6) is 5.75 Å². The minimum atomic E-state index is -3.69. The molecule has 2 aromatic rings. The molecule has 2 aliphatic heterocycles. The number of para-hydroxylation sites is 1. The molecule has 31 heavy (non-hydrogen) atoms. The van der Waals surface area contributed by atoms with Gasteiger partial charge in [0.25, 0.3) is 0 Å². The van der Waals surface area contributed by atoms with E-state index in [1.807, 2.05) is 18.2 Å². The third-order valence-corrected chi connectivity index (χ3v) is 7.96. The minimum Gasteiger partial charge on any atom is -0.495 e. The van der Waals surface area contributed by atoms with Crippen molar-refractivity contribution in [2.75, 3.05) is 37.0 Å². The van der Waals surface area contributed by atoms with Crippen molar-refractivity contribution in [3.8, 4) is 5.75 Å². The average Bonchev–Trinajstić information content (AvgIpc) is 3.09. The van der Waals surface area contributed by atoms with Crippen LogP contribution in [0.4, 0.5) is 11.4 Å². The number of piperidine rings is 1. The standard InChI is InChI=1S/C23H29N3O4S/c1-17-14-18-8-4-5-9-20(18)26(17)16-23(27)24-19-10-11-21(30-2)22(15-19)31(28,29)25-12-6-3-7-13-25/h4-5,8-11,15,17H,3,6-7,12-14,16H2,1-2H3,(H,24,27)/t17-/m0/s1. The number of fused-ring (bicyclic) bond motifs is 1. The molecule has 0 aromatic heterocycles. The number of nitrogens with zero attached hydrogens (tertiary/aromatic N) is 2. The predicted molar refractivity (Wildman–Crippen MR) is 121 cm³/mol. The second kappa shape index (κ2) is 8.88. The summed E-state index contributed by atoms with van der Waals surface area (Å²) in [6, 6.07) is 13.1. The van der Waals surface area contributed by atoms with Crippen molar-refractivity contribution in [2.24, 2.45) is 0 Å². The number of hydrogen-bond acceptors (Lipinski definition) is 5. The normalized spacial score (nSPS) is 19.2. The highest BCUT2D eigenvalue weighted by molar-refractivity contribution is 7.89. The monoisotopic (exact) mass is 443 g/mol. The molecule has 1 N–H and O–H groups in total. The Labute approximate surface area is 184 Å². The van der Waals surface area contributed by atoms with E-state index in [0.29, 0.717) is 18.8 Å².